The first-order chi connectivity index (χ1) is 8.36. The summed E-state index contributed by atoms with van der Waals surface area (Å²) in [5.41, 5.74) is 0. The third kappa shape index (κ3) is 6.56. The summed E-state index contributed by atoms with van der Waals surface area (Å²) in [5.74, 6) is 2.04. The number of benzene rings is 1. The zero-order valence-electron chi connectivity index (χ0n) is 10.6. The van der Waals surface area contributed by atoms with Crippen molar-refractivity contribution in [1.29, 1.82) is 0 Å². The molecule has 96 valence electrons. The van der Waals surface area contributed by atoms with Gasteiger partial charge in [-0.15, -0.1) is 11.8 Å². The van der Waals surface area contributed by atoms with Gasteiger partial charge < -0.3 is 14.8 Å². The lowest BCUT2D eigenvalue weighted by molar-refractivity contribution is 0.199. The van der Waals surface area contributed by atoms with E-state index >= 15 is 0 Å². The molecule has 1 aromatic rings. The normalized spacial score (nSPS) is 10.5. The van der Waals surface area contributed by atoms with E-state index in [0.29, 0.717) is 0 Å². The van der Waals surface area contributed by atoms with Gasteiger partial charge in [0, 0.05) is 18.6 Å². The van der Waals surface area contributed by atoms with Gasteiger partial charge in [0.05, 0.1) is 13.7 Å². The second-order valence-electron chi connectivity index (χ2n) is 3.62. The number of ether oxygens (including phenoxy) is 2. The zero-order chi connectivity index (χ0) is 12.3. The van der Waals surface area contributed by atoms with Crippen molar-refractivity contribution in [2.45, 2.75) is 11.3 Å². The number of hydrogen-bond donors (Lipinski definition) is 1. The predicted octanol–water partition coefficient (Wildman–Crippen LogP) is 2.41. The minimum absolute atomic E-state index is 0.781. The molecule has 1 aromatic carbocycles. The largest absolute Gasteiger partial charge is 0.497 e. The minimum atomic E-state index is 0.781. The number of methoxy groups -OCH3 is 2. The van der Waals surface area contributed by atoms with E-state index in [1.807, 2.05) is 23.9 Å². The van der Waals surface area contributed by atoms with E-state index in [2.05, 4.69) is 17.4 Å². The van der Waals surface area contributed by atoms with Crippen molar-refractivity contribution in [2.24, 2.45) is 0 Å². The molecular weight excluding hydrogens is 234 g/mol. The van der Waals surface area contributed by atoms with Crippen molar-refractivity contribution in [1.82, 2.24) is 5.32 Å². The SMILES string of the molecule is COCCNCCCSc1cccc(OC)c1. The van der Waals surface area contributed by atoms with Crippen molar-refractivity contribution >= 4 is 11.8 Å². The molecule has 0 unspecified atom stereocenters. The van der Waals surface area contributed by atoms with Gasteiger partial charge in [0.15, 0.2) is 0 Å². The van der Waals surface area contributed by atoms with Gasteiger partial charge in [-0.1, -0.05) is 6.07 Å². The quantitative estimate of drug-likeness (QED) is 0.542. The van der Waals surface area contributed by atoms with Crippen molar-refractivity contribution < 1.29 is 9.47 Å². The maximum atomic E-state index is 5.19. The molecule has 17 heavy (non-hydrogen) atoms. The lowest BCUT2D eigenvalue weighted by Gasteiger charge is -2.05. The van der Waals surface area contributed by atoms with Crippen LogP contribution < -0.4 is 10.1 Å². The fourth-order valence-corrected chi connectivity index (χ4v) is 2.28. The Balaban J connectivity index is 2.09. The third-order valence-corrected chi connectivity index (χ3v) is 3.37. The van der Waals surface area contributed by atoms with Crippen LogP contribution in [0.5, 0.6) is 5.75 Å². The molecule has 0 aliphatic rings. The van der Waals surface area contributed by atoms with Crippen molar-refractivity contribution in [3.63, 3.8) is 0 Å². The fraction of sp³-hybridized carbons (Fsp3) is 0.538. The molecule has 0 heterocycles. The van der Waals surface area contributed by atoms with E-state index in [4.69, 9.17) is 9.47 Å². The summed E-state index contributed by atoms with van der Waals surface area (Å²) in [6.07, 6.45) is 1.16. The lowest BCUT2D eigenvalue weighted by Crippen LogP contribution is -2.20. The Morgan fingerprint density at radius 2 is 2.12 bits per heavy atom. The minimum Gasteiger partial charge on any atom is -0.497 e. The molecule has 1 N–H and O–H groups in total. The first-order valence-electron chi connectivity index (χ1n) is 5.83. The molecule has 0 spiro atoms. The molecule has 3 nitrogen and oxygen atoms in total. The molecule has 0 saturated carbocycles. The summed E-state index contributed by atoms with van der Waals surface area (Å²) in [6, 6.07) is 8.18. The average Bonchev–Trinajstić information content (AvgIpc) is 2.38. The van der Waals surface area contributed by atoms with Crippen molar-refractivity contribution in [3.8, 4) is 5.75 Å². The molecule has 0 aliphatic carbocycles. The molecule has 0 atom stereocenters. The summed E-state index contributed by atoms with van der Waals surface area (Å²) in [4.78, 5) is 1.27. The number of thioether (sulfide) groups is 1. The Morgan fingerprint density at radius 3 is 2.88 bits per heavy atom. The van der Waals surface area contributed by atoms with E-state index in [0.717, 1.165) is 37.6 Å². The summed E-state index contributed by atoms with van der Waals surface area (Å²) in [6.45, 7) is 2.75. The van der Waals surface area contributed by atoms with Gasteiger partial charge in [0.25, 0.3) is 0 Å². The number of rotatable bonds is 9. The highest BCUT2D eigenvalue weighted by Gasteiger charge is 1.96. The van der Waals surface area contributed by atoms with E-state index in [-0.39, 0.29) is 0 Å². The van der Waals surface area contributed by atoms with E-state index in [9.17, 15) is 0 Å². The van der Waals surface area contributed by atoms with Gasteiger partial charge in [-0.3, -0.25) is 0 Å². The van der Waals surface area contributed by atoms with E-state index < -0.39 is 0 Å². The average molecular weight is 255 g/mol. The molecule has 0 bridgehead atoms. The summed E-state index contributed by atoms with van der Waals surface area (Å²) >= 11 is 1.86. The van der Waals surface area contributed by atoms with Crippen LogP contribution >= 0.6 is 11.8 Å². The maximum Gasteiger partial charge on any atom is 0.119 e. The summed E-state index contributed by atoms with van der Waals surface area (Å²) in [7, 11) is 3.42. The molecule has 4 heteroatoms. The first kappa shape index (κ1) is 14.4. The van der Waals surface area contributed by atoms with Crippen molar-refractivity contribution in [3.05, 3.63) is 24.3 Å². The third-order valence-electron chi connectivity index (χ3n) is 2.29. The molecular formula is C13H21NO2S. The van der Waals surface area contributed by atoms with Crippen LogP contribution in [0, 0.1) is 0 Å². The second kappa shape index (κ2) is 9.33. The van der Waals surface area contributed by atoms with Crippen LogP contribution in [0.3, 0.4) is 0 Å². The monoisotopic (exact) mass is 255 g/mol. The molecule has 0 amide bonds. The summed E-state index contributed by atoms with van der Waals surface area (Å²) in [5, 5.41) is 3.33. The van der Waals surface area contributed by atoms with Crippen LogP contribution in [0.1, 0.15) is 6.42 Å². The standard InChI is InChI=1S/C13H21NO2S/c1-15-9-8-14-7-4-10-17-13-6-3-5-12(11-13)16-2/h3,5-6,11,14H,4,7-10H2,1-2H3. The van der Waals surface area contributed by atoms with Gasteiger partial charge in [-0.25, -0.2) is 0 Å². The highest BCUT2D eigenvalue weighted by Crippen LogP contribution is 2.22. The van der Waals surface area contributed by atoms with Gasteiger partial charge in [-0.05, 0) is 36.9 Å². The summed E-state index contributed by atoms with van der Waals surface area (Å²) < 4.78 is 10.1. The topological polar surface area (TPSA) is 30.5 Å². The Hall–Kier alpha value is -0.710. The Labute approximate surface area is 108 Å². The van der Waals surface area contributed by atoms with Gasteiger partial charge in [0.2, 0.25) is 0 Å². The molecule has 0 aliphatic heterocycles. The van der Waals surface area contributed by atoms with Crippen LogP contribution in [-0.2, 0) is 4.74 Å². The van der Waals surface area contributed by atoms with Gasteiger partial charge in [0.1, 0.15) is 5.75 Å². The Morgan fingerprint density at radius 1 is 1.24 bits per heavy atom. The number of hydrogen-bond acceptors (Lipinski definition) is 4. The Kier molecular flexibility index (Phi) is 7.88. The van der Waals surface area contributed by atoms with Crippen molar-refractivity contribution in [2.75, 3.05) is 39.7 Å². The van der Waals surface area contributed by atoms with Crippen LogP contribution in [-0.4, -0.2) is 39.7 Å². The smallest absolute Gasteiger partial charge is 0.119 e. The molecule has 0 saturated heterocycles. The number of nitrogens with one attached hydrogen (secondary N) is 1. The molecule has 0 radical (unpaired) electrons. The second-order valence-corrected chi connectivity index (χ2v) is 4.79. The van der Waals surface area contributed by atoms with E-state index in [1.165, 1.54) is 4.90 Å². The molecule has 0 fully saturated rings. The van der Waals surface area contributed by atoms with Crippen LogP contribution in [0.4, 0.5) is 0 Å². The van der Waals surface area contributed by atoms with Crippen LogP contribution in [0.2, 0.25) is 0 Å². The highest BCUT2D eigenvalue weighted by molar-refractivity contribution is 7.99. The molecule has 0 aromatic heterocycles. The zero-order valence-corrected chi connectivity index (χ0v) is 11.4. The van der Waals surface area contributed by atoms with Gasteiger partial charge in [-0.2, -0.15) is 0 Å². The molecule has 1 rings (SSSR count). The predicted molar refractivity (Wildman–Crippen MR) is 73.1 cm³/mol. The van der Waals surface area contributed by atoms with E-state index in [1.54, 1.807) is 14.2 Å². The fourth-order valence-electron chi connectivity index (χ4n) is 1.38. The lowest BCUT2D eigenvalue weighted by atomic mass is 10.3. The Bertz CT molecular complexity index is 307. The highest BCUT2D eigenvalue weighted by atomic mass is 32.2. The maximum absolute atomic E-state index is 5.19. The van der Waals surface area contributed by atoms with Gasteiger partial charge >= 0.3 is 0 Å². The van der Waals surface area contributed by atoms with Crippen LogP contribution in [0.15, 0.2) is 29.2 Å². The van der Waals surface area contributed by atoms with Crippen LogP contribution in [0.25, 0.3) is 0 Å². The first-order valence-corrected chi connectivity index (χ1v) is 6.82.